The van der Waals surface area contributed by atoms with Crippen molar-refractivity contribution in [2.24, 2.45) is 0 Å². The van der Waals surface area contributed by atoms with Crippen LogP contribution in [0.25, 0.3) is 0 Å². The van der Waals surface area contributed by atoms with Crippen LogP contribution in [0.5, 0.6) is 0 Å². The number of nitrogens with one attached hydrogen (secondary N) is 1. The van der Waals surface area contributed by atoms with Gasteiger partial charge in [-0.3, -0.25) is 4.98 Å². The number of hydrogen-bond donors (Lipinski definition) is 2. The quantitative estimate of drug-likeness (QED) is 0.866. The van der Waals surface area contributed by atoms with Crippen molar-refractivity contribution in [3.05, 3.63) is 59.4 Å². The van der Waals surface area contributed by atoms with Crippen LogP contribution in [0.1, 0.15) is 22.9 Å². The maximum atomic E-state index is 10.00. The number of aliphatic hydroxyl groups is 1. The minimum atomic E-state index is -0.591. The Hall–Kier alpha value is -1.87. The first-order chi connectivity index (χ1) is 8.65. The first-order valence-corrected chi connectivity index (χ1v) is 6.06. The molecule has 3 heteroatoms. The van der Waals surface area contributed by atoms with E-state index in [1.54, 1.807) is 6.20 Å². The lowest BCUT2D eigenvalue weighted by atomic mass is 10.1. The summed E-state index contributed by atoms with van der Waals surface area (Å²) >= 11 is 0. The minimum Gasteiger partial charge on any atom is -0.385 e. The SMILES string of the molecule is Cc1cc(C)cc(NCC(O)c2ccccn2)c1. The minimum absolute atomic E-state index is 0.458. The molecule has 2 N–H and O–H groups in total. The smallest absolute Gasteiger partial charge is 0.113 e. The Labute approximate surface area is 108 Å². The number of aromatic nitrogens is 1. The molecule has 0 bridgehead atoms. The molecule has 0 spiro atoms. The highest BCUT2D eigenvalue weighted by Gasteiger charge is 2.07. The van der Waals surface area contributed by atoms with E-state index in [9.17, 15) is 5.11 Å². The monoisotopic (exact) mass is 242 g/mol. The van der Waals surface area contributed by atoms with Gasteiger partial charge in [-0.15, -0.1) is 0 Å². The average molecular weight is 242 g/mol. The van der Waals surface area contributed by atoms with E-state index in [2.05, 4.69) is 42.3 Å². The van der Waals surface area contributed by atoms with E-state index in [4.69, 9.17) is 0 Å². The summed E-state index contributed by atoms with van der Waals surface area (Å²) in [5.74, 6) is 0. The van der Waals surface area contributed by atoms with E-state index in [1.165, 1.54) is 11.1 Å². The number of aliphatic hydroxyl groups excluding tert-OH is 1. The van der Waals surface area contributed by atoms with Gasteiger partial charge in [0.2, 0.25) is 0 Å². The van der Waals surface area contributed by atoms with E-state index in [0.29, 0.717) is 12.2 Å². The van der Waals surface area contributed by atoms with Gasteiger partial charge >= 0.3 is 0 Å². The first-order valence-electron chi connectivity index (χ1n) is 6.06. The Balaban J connectivity index is 1.99. The molecule has 3 nitrogen and oxygen atoms in total. The van der Waals surface area contributed by atoms with E-state index in [0.717, 1.165) is 5.69 Å². The van der Waals surface area contributed by atoms with E-state index in [1.807, 2.05) is 18.2 Å². The molecule has 2 aromatic rings. The van der Waals surface area contributed by atoms with Crippen LogP contribution < -0.4 is 5.32 Å². The molecule has 0 amide bonds. The van der Waals surface area contributed by atoms with Crippen molar-refractivity contribution in [1.82, 2.24) is 4.98 Å². The zero-order chi connectivity index (χ0) is 13.0. The summed E-state index contributed by atoms with van der Waals surface area (Å²) in [6.45, 7) is 4.58. The summed E-state index contributed by atoms with van der Waals surface area (Å²) < 4.78 is 0. The molecule has 1 heterocycles. The maximum Gasteiger partial charge on any atom is 0.113 e. The van der Waals surface area contributed by atoms with Crippen LogP contribution in [0.4, 0.5) is 5.69 Å². The summed E-state index contributed by atoms with van der Waals surface area (Å²) in [6, 6.07) is 11.8. The number of nitrogens with zero attached hydrogens (tertiary/aromatic N) is 1. The largest absolute Gasteiger partial charge is 0.385 e. The summed E-state index contributed by atoms with van der Waals surface area (Å²) in [5, 5.41) is 13.2. The Morgan fingerprint density at radius 2 is 1.89 bits per heavy atom. The molecule has 1 aromatic heterocycles. The van der Waals surface area contributed by atoms with Crippen molar-refractivity contribution in [3.63, 3.8) is 0 Å². The van der Waals surface area contributed by atoms with Gasteiger partial charge in [-0.2, -0.15) is 0 Å². The molecule has 94 valence electrons. The van der Waals surface area contributed by atoms with Crippen molar-refractivity contribution in [2.75, 3.05) is 11.9 Å². The highest BCUT2D eigenvalue weighted by atomic mass is 16.3. The number of benzene rings is 1. The first kappa shape index (κ1) is 12.6. The average Bonchev–Trinajstić information content (AvgIpc) is 2.36. The summed E-state index contributed by atoms with van der Waals surface area (Å²) in [4.78, 5) is 4.14. The third kappa shape index (κ3) is 3.31. The summed E-state index contributed by atoms with van der Waals surface area (Å²) in [6.07, 6.45) is 1.10. The molecule has 18 heavy (non-hydrogen) atoms. The van der Waals surface area contributed by atoms with Crippen LogP contribution in [0, 0.1) is 13.8 Å². The predicted octanol–water partition coefficient (Wildman–Crippen LogP) is 2.84. The molecule has 0 aliphatic carbocycles. The normalized spacial score (nSPS) is 12.2. The third-order valence-electron chi connectivity index (χ3n) is 2.75. The van der Waals surface area contributed by atoms with Crippen molar-refractivity contribution in [2.45, 2.75) is 20.0 Å². The molecule has 1 unspecified atom stereocenters. The highest BCUT2D eigenvalue weighted by molar-refractivity contribution is 5.48. The fraction of sp³-hybridized carbons (Fsp3) is 0.267. The topological polar surface area (TPSA) is 45.1 Å². The second kappa shape index (κ2) is 5.65. The van der Waals surface area contributed by atoms with Gasteiger partial charge in [-0.05, 0) is 49.2 Å². The van der Waals surface area contributed by atoms with Gasteiger partial charge in [-0.25, -0.2) is 0 Å². The van der Waals surface area contributed by atoms with Crippen molar-refractivity contribution < 1.29 is 5.11 Å². The Kier molecular flexibility index (Phi) is 3.95. The molecule has 0 saturated carbocycles. The van der Waals surface area contributed by atoms with Crippen LogP contribution in [0.2, 0.25) is 0 Å². The van der Waals surface area contributed by atoms with Gasteiger partial charge in [-0.1, -0.05) is 12.1 Å². The molecule has 0 aliphatic heterocycles. The number of aryl methyl sites for hydroxylation is 2. The van der Waals surface area contributed by atoms with Gasteiger partial charge in [0.25, 0.3) is 0 Å². The van der Waals surface area contributed by atoms with Crippen LogP contribution in [0.3, 0.4) is 0 Å². The standard InChI is InChI=1S/C15H18N2O/c1-11-7-12(2)9-13(8-11)17-10-15(18)14-5-3-4-6-16-14/h3-9,15,17-18H,10H2,1-2H3. The van der Waals surface area contributed by atoms with Crippen LogP contribution >= 0.6 is 0 Å². The van der Waals surface area contributed by atoms with E-state index >= 15 is 0 Å². The maximum absolute atomic E-state index is 10.00. The molecule has 0 radical (unpaired) electrons. The lowest BCUT2D eigenvalue weighted by Gasteiger charge is -2.13. The number of hydrogen-bond acceptors (Lipinski definition) is 3. The third-order valence-corrected chi connectivity index (χ3v) is 2.75. The lowest BCUT2D eigenvalue weighted by Crippen LogP contribution is -2.13. The van der Waals surface area contributed by atoms with E-state index < -0.39 is 6.10 Å². The molecule has 1 aromatic carbocycles. The fourth-order valence-electron chi connectivity index (χ4n) is 1.97. The number of rotatable bonds is 4. The molecule has 0 saturated heterocycles. The van der Waals surface area contributed by atoms with Crippen LogP contribution in [-0.2, 0) is 0 Å². The number of anilines is 1. The van der Waals surface area contributed by atoms with Gasteiger partial charge in [0, 0.05) is 18.4 Å². The second-order valence-corrected chi connectivity index (χ2v) is 4.53. The van der Waals surface area contributed by atoms with Crippen LogP contribution in [0.15, 0.2) is 42.6 Å². The van der Waals surface area contributed by atoms with Gasteiger partial charge in [0.05, 0.1) is 5.69 Å². The van der Waals surface area contributed by atoms with Crippen molar-refractivity contribution in [1.29, 1.82) is 0 Å². The van der Waals surface area contributed by atoms with E-state index in [-0.39, 0.29) is 0 Å². The molecule has 0 aliphatic rings. The summed E-state index contributed by atoms with van der Waals surface area (Å²) in [7, 11) is 0. The van der Waals surface area contributed by atoms with Gasteiger partial charge < -0.3 is 10.4 Å². The molecule has 2 rings (SSSR count). The zero-order valence-electron chi connectivity index (χ0n) is 10.7. The highest BCUT2D eigenvalue weighted by Crippen LogP contribution is 2.16. The second-order valence-electron chi connectivity index (χ2n) is 4.53. The summed E-state index contributed by atoms with van der Waals surface area (Å²) in [5.41, 5.74) is 4.14. The molecule has 0 fully saturated rings. The van der Waals surface area contributed by atoms with Crippen LogP contribution in [-0.4, -0.2) is 16.6 Å². The number of pyridine rings is 1. The van der Waals surface area contributed by atoms with Crippen molar-refractivity contribution >= 4 is 5.69 Å². The lowest BCUT2D eigenvalue weighted by molar-refractivity contribution is 0.187. The van der Waals surface area contributed by atoms with Crippen molar-refractivity contribution in [3.8, 4) is 0 Å². The Morgan fingerprint density at radius 1 is 1.17 bits per heavy atom. The van der Waals surface area contributed by atoms with Gasteiger partial charge in [0.1, 0.15) is 6.10 Å². The zero-order valence-corrected chi connectivity index (χ0v) is 10.7. The Bertz CT molecular complexity index is 491. The molecular weight excluding hydrogens is 224 g/mol. The molecular formula is C15H18N2O. The Morgan fingerprint density at radius 3 is 2.50 bits per heavy atom. The molecule has 1 atom stereocenters. The predicted molar refractivity (Wildman–Crippen MR) is 73.6 cm³/mol. The van der Waals surface area contributed by atoms with Gasteiger partial charge in [0.15, 0.2) is 0 Å². The fourth-order valence-corrected chi connectivity index (χ4v) is 1.97.